The van der Waals surface area contributed by atoms with Crippen molar-refractivity contribution in [1.82, 2.24) is 0 Å². The fourth-order valence-corrected chi connectivity index (χ4v) is 13.9. The number of aromatic hydroxyl groups is 2. The number of phenolic OH excluding ortho intramolecular Hbond substituents is 2. The van der Waals surface area contributed by atoms with Crippen molar-refractivity contribution in [1.29, 1.82) is 0 Å². The Kier molecular flexibility index (Phi) is 13.2. The fraction of sp³-hybridized carbons (Fsp3) is 0.421. The SMILES string of the molecule is Cc1cc(C=Nc2ccccc2N(C)Cc2cc(C)cc(C34CC5CC(CC(C5)C3)C4)c2O)c(O)c(C23CC4CC(CC(C4)C2)C3)c1.[CH2-]c1ccccc1.[CH2-]c1ccccc1.[Hf]. The zero-order chi connectivity index (χ0) is 42.3. The molecule has 0 saturated heterocycles. The molecule has 8 aliphatic carbocycles. The van der Waals surface area contributed by atoms with Gasteiger partial charge in [0.25, 0.3) is 0 Å². The Morgan fingerprint density at radius 1 is 0.581 bits per heavy atom. The van der Waals surface area contributed by atoms with Gasteiger partial charge in [0.1, 0.15) is 11.5 Å². The Hall–Kier alpha value is -4.22. The molecular weight excluding hydrogens is 923 g/mol. The van der Waals surface area contributed by atoms with Crippen molar-refractivity contribution in [2.45, 2.75) is 108 Å². The van der Waals surface area contributed by atoms with Gasteiger partial charge in [0, 0.05) is 67.9 Å². The van der Waals surface area contributed by atoms with Crippen LogP contribution in [0.4, 0.5) is 11.4 Å². The second-order valence-electron chi connectivity index (χ2n) is 20.5. The number of hydrogen-bond acceptors (Lipinski definition) is 4. The van der Waals surface area contributed by atoms with Crippen LogP contribution in [-0.2, 0) is 43.2 Å². The largest absolute Gasteiger partial charge is 0.507 e. The van der Waals surface area contributed by atoms with Crippen molar-refractivity contribution in [3.63, 3.8) is 0 Å². The maximum atomic E-state index is 11.9. The maximum Gasteiger partial charge on any atom is 0.128 e. The fourth-order valence-electron chi connectivity index (χ4n) is 13.9. The number of hydrogen-bond donors (Lipinski definition) is 2. The Bertz CT molecular complexity index is 2240. The molecule has 4 nitrogen and oxygen atoms in total. The number of nitrogens with zero attached hydrogens (tertiary/aromatic N) is 2. The molecule has 8 bridgehead atoms. The maximum absolute atomic E-state index is 11.9. The van der Waals surface area contributed by atoms with Crippen molar-refractivity contribution in [2.75, 3.05) is 11.9 Å². The number of rotatable bonds is 7. The summed E-state index contributed by atoms with van der Waals surface area (Å²) in [5, 5.41) is 23.6. The summed E-state index contributed by atoms with van der Waals surface area (Å²) in [7, 11) is 2.11. The molecule has 8 aliphatic rings. The van der Waals surface area contributed by atoms with Crippen molar-refractivity contribution in [3.8, 4) is 11.5 Å². The van der Waals surface area contributed by atoms with Gasteiger partial charge in [0.2, 0.25) is 0 Å². The molecule has 8 saturated carbocycles. The number of benzene rings is 5. The number of anilines is 1. The summed E-state index contributed by atoms with van der Waals surface area (Å²) in [6, 6.07) is 36.9. The second kappa shape index (κ2) is 18.5. The number of aliphatic imine (C=N–C) groups is 1. The summed E-state index contributed by atoms with van der Waals surface area (Å²) in [6.45, 7) is 12.4. The molecule has 0 aliphatic heterocycles. The molecule has 0 aromatic heterocycles. The molecule has 5 aromatic carbocycles. The van der Waals surface area contributed by atoms with Crippen LogP contribution in [0, 0.1) is 63.2 Å². The van der Waals surface area contributed by atoms with Gasteiger partial charge in [0.15, 0.2) is 0 Å². The molecule has 8 fully saturated rings. The van der Waals surface area contributed by atoms with Gasteiger partial charge in [0.05, 0.1) is 11.4 Å². The molecular formula is C57H66HfN2O2-2. The van der Waals surface area contributed by atoms with Gasteiger partial charge in [-0.2, -0.15) is 49.2 Å². The zero-order valence-corrected chi connectivity index (χ0v) is 40.9. The van der Waals surface area contributed by atoms with Crippen LogP contribution in [0.25, 0.3) is 0 Å². The smallest absolute Gasteiger partial charge is 0.128 e. The predicted octanol–water partition coefficient (Wildman–Crippen LogP) is 13.8. The van der Waals surface area contributed by atoms with E-state index in [4.69, 9.17) is 4.99 Å². The molecule has 0 radical (unpaired) electrons. The zero-order valence-electron chi connectivity index (χ0n) is 37.3. The van der Waals surface area contributed by atoms with Gasteiger partial charge in [-0.15, -0.1) is 24.3 Å². The van der Waals surface area contributed by atoms with Crippen molar-refractivity contribution in [2.24, 2.45) is 40.5 Å². The molecule has 2 N–H and O–H groups in total. The summed E-state index contributed by atoms with van der Waals surface area (Å²) in [5.74, 6) is 5.98. The first-order valence-corrected chi connectivity index (χ1v) is 23.2. The molecule has 0 unspecified atom stereocenters. The normalized spacial score (nSPS) is 28.4. The van der Waals surface area contributed by atoms with Crippen LogP contribution in [0.2, 0.25) is 0 Å². The molecule has 0 spiro atoms. The Balaban J connectivity index is 0.000000301. The quantitative estimate of drug-likeness (QED) is 0.0970. The Labute approximate surface area is 391 Å². The first-order valence-electron chi connectivity index (χ1n) is 23.2. The molecule has 62 heavy (non-hydrogen) atoms. The molecule has 322 valence electrons. The number of para-hydroxylation sites is 2. The molecule has 5 aromatic rings. The van der Waals surface area contributed by atoms with Crippen LogP contribution >= 0.6 is 0 Å². The second-order valence-corrected chi connectivity index (χ2v) is 20.5. The summed E-state index contributed by atoms with van der Waals surface area (Å²) >= 11 is 0. The average Bonchev–Trinajstić information content (AvgIpc) is 3.22. The third-order valence-corrected chi connectivity index (χ3v) is 15.6. The first-order chi connectivity index (χ1) is 29.4. The standard InChI is InChI=1S/C43H52N2O2.2C7H7.Hf/c1-26-8-34(40(46)36(10-26)42-18-28-12-29(19-42)14-30(13-28)20-42)24-44-38-6-4-5-7-39(38)45(3)25-35-9-27(2)11-37(41(35)47)43-21-31-15-32(22-43)17-33(16-31)23-43;2*1-7-5-3-2-4-6-7;/h4-11,24,28-33,46-47H,12-23,25H2,1-3H3;2*2-6H,1H2;/q;2*-1;. The minimum atomic E-state index is 0. The van der Waals surface area contributed by atoms with E-state index in [2.05, 4.69) is 82.1 Å². The molecule has 0 heterocycles. The van der Waals surface area contributed by atoms with Crippen LogP contribution in [0.15, 0.2) is 114 Å². The first kappa shape index (κ1) is 44.4. The predicted molar refractivity (Wildman–Crippen MR) is 253 cm³/mol. The summed E-state index contributed by atoms with van der Waals surface area (Å²) in [5.41, 5.74) is 11.0. The van der Waals surface area contributed by atoms with Crippen LogP contribution < -0.4 is 4.90 Å². The van der Waals surface area contributed by atoms with E-state index < -0.39 is 0 Å². The van der Waals surface area contributed by atoms with E-state index in [1.165, 1.54) is 99.3 Å². The van der Waals surface area contributed by atoms with Crippen molar-refractivity contribution in [3.05, 3.63) is 168 Å². The van der Waals surface area contributed by atoms with E-state index in [-0.39, 0.29) is 36.7 Å². The van der Waals surface area contributed by atoms with Crippen molar-refractivity contribution < 1.29 is 36.1 Å². The van der Waals surface area contributed by atoms with E-state index in [1.54, 1.807) is 0 Å². The van der Waals surface area contributed by atoms with E-state index in [0.29, 0.717) is 18.0 Å². The van der Waals surface area contributed by atoms with Crippen LogP contribution in [-0.4, -0.2) is 23.5 Å². The van der Waals surface area contributed by atoms with Crippen LogP contribution in [0.3, 0.4) is 0 Å². The molecule has 5 heteroatoms. The minimum Gasteiger partial charge on any atom is -0.507 e. The monoisotopic (exact) mass is 990 g/mol. The van der Waals surface area contributed by atoms with Gasteiger partial charge < -0.3 is 15.1 Å². The van der Waals surface area contributed by atoms with Crippen LogP contribution in [0.1, 0.15) is 122 Å². The van der Waals surface area contributed by atoms with E-state index >= 15 is 0 Å². The van der Waals surface area contributed by atoms with E-state index in [9.17, 15) is 10.2 Å². The Morgan fingerprint density at radius 3 is 1.42 bits per heavy atom. The van der Waals surface area contributed by atoms with Gasteiger partial charge in [-0.05, 0) is 161 Å². The topological polar surface area (TPSA) is 56.1 Å². The molecule has 0 amide bonds. The minimum absolute atomic E-state index is 0. The van der Waals surface area contributed by atoms with E-state index in [1.807, 2.05) is 72.9 Å². The third-order valence-electron chi connectivity index (χ3n) is 15.6. The number of phenols is 2. The van der Waals surface area contributed by atoms with E-state index in [0.717, 1.165) is 69.1 Å². The summed E-state index contributed by atoms with van der Waals surface area (Å²) < 4.78 is 0. The molecule has 0 atom stereocenters. The van der Waals surface area contributed by atoms with Crippen molar-refractivity contribution >= 4 is 17.6 Å². The Morgan fingerprint density at radius 2 is 0.984 bits per heavy atom. The van der Waals surface area contributed by atoms with Crippen LogP contribution in [0.5, 0.6) is 11.5 Å². The third kappa shape index (κ3) is 9.35. The van der Waals surface area contributed by atoms with Gasteiger partial charge in [-0.25, -0.2) is 0 Å². The summed E-state index contributed by atoms with van der Waals surface area (Å²) in [6.07, 6.45) is 17.7. The number of aryl methyl sites for hydroxylation is 2. The van der Waals surface area contributed by atoms with Gasteiger partial charge in [-0.3, -0.25) is 4.99 Å². The molecule has 13 rings (SSSR count). The van der Waals surface area contributed by atoms with Gasteiger partial charge in [-0.1, -0.05) is 48.0 Å². The van der Waals surface area contributed by atoms with Gasteiger partial charge >= 0.3 is 0 Å². The summed E-state index contributed by atoms with van der Waals surface area (Å²) in [4.78, 5) is 7.25. The average molecular weight is 990 g/mol.